The average Bonchev–Trinajstić information content (AvgIpc) is 2.12. The normalized spacial score (nSPS) is 12.8. The van der Waals surface area contributed by atoms with Crippen molar-refractivity contribution in [3.05, 3.63) is 0 Å². The second-order valence-electron chi connectivity index (χ2n) is 5.99. The monoisotopic (exact) mass is 229 g/mol. The van der Waals surface area contributed by atoms with E-state index in [0.717, 1.165) is 13.1 Å². The molecular formula is C13H31N3. The smallest absolute Gasteiger partial charge is 0.0106 e. The highest BCUT2D eigenvalue weighted by Gasteiger charge is 2.07. The molecule has 0 aromatic carbocycles. The zero-order chi connectivity index (χ0) is 12.6. The van der Waals surface area contributed by atoms with Gasteiger partial charge in [0.1, 0.15) is 0 Å². The molecule has 0 aliphatic heterocycles. The quantitative estimate of drug-likeness (QED) is 0.639. The van der Waals surface area contributed by atoms with Crippen LogP contribution in [0.5, 0.6) is 0 Å². The number of hydrogen-bond acceptors (Lipinski definition) is 3. The largest absolute Gasteiger partial charge is 0.312 e. The van der Waals surface area contributed by atoms with Gasteiger partial charge in [0.05, 0.1) is 0 Å². The molecule has 0 saturated heterocycles. The minimum absolute atomic E-state index is 0.261. The molecule has 0 amide bonds. The van der Waals surface area contributed by atoms with Crippen molar-refractivity contribution in [2.24, 2.45) is 0 Å². The molecule has 0 aromatic rings. The Labute approximate surface area is 102 Å². The summed E-state index contributed by atoms with van der Waals surface area (Å²) in [6.45, 7) is 11.3. The van der Waals surface area contributed by atoms with Crippen LogP contribution in [0.25, 0.3) is 0 Å². The van der Waals surface area contributed by atoms with Gasteiger partial charge in [-0.25, -0.2) is 0 Å². The van der Waals surface area contributed by atoms with Crippen LogP contribution in [0.1, 0.15) is 33.6 Å². The molecule has 0 heterocycles. The van der Waals surface area contributed by atoms with Crippen LogP contribution in [-0.4, -0.2) is 62.7 Å². The van der Waals surface area contributed by atoms with Crippen molar-refractivity contribution >= 4 is 0 Å². The molecule has 0 saturated carbocycles. The van der Waals surface area contributed by atoms with Gasteiger partial charge in [0, 0.05) is 18.6 Å². The highest BCUT2D eigenvalue weighted by Crippen LogP contribution is 1.99. The van der Waals surface area contributed by atoms with E-state index in [4.69, 9.17) is 0 Å². The summed E-state index contributed by atoms with van der Waals surface area (Å²) in [6.07, 6.45) is 2.55. The predicted molar refractivity (Wildman–Crippen MR) is 73.0 cm³/mol. The van der Waals surface area contributed by atoms with E-state index in [1.165, 1.54) is 25.9 Å². The Hall–Kier alpha value is -0.120. The topological polar surface area (TPSA) is 18.5 Å². The van der Waals surface area contributed by atoms with Crippen LogP contribution in [0.3, 0.4) is 0 Å². The average molecular weight is 229 g/mol. The minimum Gasteiger partial charge on any atom is -0.312 e. The number of unbranched alkanes of at least 4 members (excludes halogenated alkanes) is 1. The number of nitrogens with one attached hydrogen (secondary N) is 1. The Morgan fingerprint density at radius 1 is 0.875 bits per heavy atom. The molecular weight excluding hydrogens is 198 g/mol. The second-order valence-corrected chi connectivity index (χ2v) is 5.99. The number of hydrogen-bond donors (Lipinski definition) is 1. The maximum Gasteiger partial charge on any atom is 0.0106 e. The SMILES string of the molecule is CN(C)CCN(C)CCCCNC(C)(C)C. The Balaban J connectivity index is 3.31. The number of likely N-dealkylation sites (N-methyl/N-ethyl adjacent to an activating group) is 2. The molecule has 0 radical (unpaired) electrons. The summed E-state index contributed by atoms with van der Waals surface area (Å²) >= 11 is 0. The summed E-state index contributed by atoms with van der Waals surface area (Å²) in [6, 6.07) is 0. The first-order valence-corrected chi connectivity index (χ1v) is 6.39. The van der Waals surface area contributed by atoms with Crippen molar-refractivity contribution in [1.29, 1.82) is 0 Å². The van der Waals surface area contributed by atoms with Crippen LogP contribution < -0.4 is 5.32 Å². The zero-order valence-electron chi connectivity index (χ0n) is 12.1. The predicted octanol–water partition coefficient (Wildman–Crippen LogP) is 1.65. The third kappa shape index (κ3) is 12.0. The van der Waals surface area contributed by atoms with E-state index in [9.17, 15) is 0 Å². The zero-order valence-corrected chi connectivity index (χ0v) is 12.1. The first-order chi connectivity index (χ1) is 7.31. The van der Waals surface area contributed by atoms with E-state index >= 15 is 0 Å². The van der Waals surface area contributed by atoms with E-state index in [1.54, 1.807) is 0 Å². The number of nitrogens with zero attached hydrogens (tertiary/aromatic N) is 2. The van der Waals surface area contributed by atoms with E-state index in [0.29, 0.717) is 0 Å². The lowest BCUT2D eigenvalue weighted by molar-refractivity contribution is 0.276. The summed E-state index contributed by atoms with van der Waals surface area (Å²) in [7, 11) is 6.46. The van der Waals surface area contributed by atoms with Gasteiger partial charge in [-0.1, -0.05) is 0 Å². The molecule has 0 rings (SSSR count). The maximum absolute atomic E-state index is 3.52. The Kier molecular flexibility index (Phi) is 7.98. The molecule has 0 fully saturated rings. The molecule has 16 heavy (non-hydrogen) atoms. The maximum atomic E-state index is 3.52. The Morgan fingerprint density at radius 2 is 1.50 bits per heavy atom. The van der Waals surface area contributed by atoms with Gasteiger partial charge in [0.15, 0.2) is 0 Å². The van der Waals surface area contributed by atoms with Crippen LogP contribution in [0.2, 0.25) is 0 Å². The summed E-state index contributed by atoms with van der Waals surface area (Å²) in [5, 5.41) is 3.52. The lowest BCUT2D eigenvalue weighted by atomic mass is 10.1. The first-order valence-electron chi connectivity index (χ1n) is 6.39. The molecule has 0 aliphatic carbocycles. The standard InChI is InChI=1S/C13H31N3/c1-13(2,3)14-9-7-8-10-16(6)12-11-15(4)5/h14H,7-12H2,1-6H3. The third-order valence-electron chi connectivity index (χ3n) is 2.55. The molecule has 1 N–H and O–H groups in total. The van der Waals surface area contributed by atoms with Crippen molar-refractivity contribution in [2.75, 3.05) is 47.3 Å². The third-order valence-corrected chi connectivity index (χ3v) is 2.55. The summed E-state index contributed by atoms with van der Waals surface area (Å²) < 4.78 is 0. The van der Waals surface area contributed by atoms with Gasteiger partial charge < -0.3 is 15.1 Å². The molecule has 0 spiro atoms. The second kappa shape index (κ2) is 8.04. The fraction of sp³-hybridized carbons (Fsp3) is 1.00. The van der Waals surface area contributed by atoms with Crippen molar-refractivity contribution in [1.82, 2.24) is 15.1 Å². The lowest BCUT2D eigenvalue weighted by Crippen LogP contribution is -2.36. The van der Waals surface area contributed by atoms with Gasteiger partial charge in [-0.2, -0.15) is 0 Å². The van der Waals surface area contributed by atoms with Crippen molar-refractivity contribution in [3.63, 3.8) is 0 Å². The molecule has 0 atom stereocenters. The summed E-state index contributed by atoms with van der Waals surface area (Å²) in [4.78, 5) is 4.65. The molecule has 0 aliphatic rings. The summed E-state index contributed by atoms with van der Waals surface area (Å²) in [5.74, 6) is 0. The van der Waals surface area contributed by atoms with Gasteiger partial charge in [-0.05, 0) is 67.8 Å². The molecule has 3 heteroatoms. The van der Waals surface area contributed by atoms with Crippen LogP contribution >= 0.6 is 0 Å². The fourth-order valence-electron chi connectivity index (χ4n) is 1.45. The highest BCUT2D eigenvalue weighted by molar-refractivity contribution is 4.69. The molecule has 0 bridgehead atoms. The van der Waals surface area contributed by atoms with Gasteiger partial charge >= 0.3 is 0 Å². The van der Waals surface area contributed by atoms with Gasteiger partial charge in [0.2, 0.25) is 0 Å². The van der Waals surface area contributed by atoms with Crippen molar-refractivity contribution < 1.29 is 0 Å². The lowest BCUT2D eigenvalue weighted by Gasteiger charge is -2.22. The van der Waals surface area contributed by atoms with Gasteiger partial charge in [-0.15, -0.1) is 0 Å². The number of rotatable bonds is 8. The van der Waals surface area contributed by atoms with Crippen LogP contribution in [0.15, 0.2) is 0 Å². The minimum atomic E-state index is 0.261. The molecule has 0 unspecified atom stereocenters. The van der Waals surface area contributed by atoms with Crippen LogP contribution in [-0.2, 0) is 0 Å². The summed E-state index contributed by atoms with van der Waals surface area (Å²) in [5.41, 5.74) is 0.261. The molecule has 0 aromatic heterocycles. The van der Waals surface area contributed by atoms with Gasteiger partial charge in [0.25, 0.3) is 0 Å². The first kappa shape index (κ1) is 15.9. The van der Waals surface area contributed by atoms with E-state index in [2.05, 4.69) is 57.0 Å². The van der Waals surface area contributed by atoms with E-state index < -0.39 is 0 Å². The van der Waals surface area contributed by atoms with E-state index in [-0.39, 0.29) is 5.54 Å². The van der Waals surface area contributed by atoms with Crippen LogP contribution in [0, 0.1) is 0 Å². The van der Waals surface area contributed by atoms with Gasteiger partial charge in [-0.3, -0.25) is 0 Å². The molecule has 98 valence electrons. The Morgan fingerprint density at radius 3 is 2.00 bits per heavy atom. The van der Waals surface area contributed by atoms with E-state index in [1.807, 2.05) is 0 Å². The molecule has 3 nitrogen and oxygen atoms in total. The van der Waals surface area contributed by atoms with Crippen molar-refractivity contribution in [2.45, 2.75) is 39.2 Å². The highest BCUT2D eigenvalue weighted by atomic mass is 15.1. The Bertz CT molecular complexity index is 161. The fourth-order valence-corrected chi connectivity index (χ4v) is 1.45. The van der Waals surface area contributed by atoms with Crippen LogP contribution in [0.4, 0.5) is 0 Å². The van der Waals surface area contributed by atoms with Crippen molar-refractivity contribution in [3.8, 4) is 0 Å².